The predicted octanol–water partition coefficient (Wildman–Crippen LogP) is 4.75. The van der Waals surface area contributed by atoms with Crippen LogP contribution in [-0.2, 0) is 0 Å². The summed E-state index contributed by atoms with van der Waals surface area (Å²) in [5, 5.41) is 11.3. The van der Waals surface area contributed by atoms with E-state index in [9.17, 15) is 14.9 Å². The number of anilines is 1. The number of hydrogen-bond acceptors (Lipinski definition) is 4. The number of piperazine rings is 1. The van der Waals surface area contributed by atoms with Gasteiger partial charge in [0.25, 0.3) is 11.6 Å². The Kier molecular flexibility index (Phi) is 5.72. The van der Waals surface area contributed by atoms with Crippen LogP contribution in [0.2, 0.25) is 5.02 Å². The number of carbonyl (C=O) groups is 1. The Morgan fingerprint density at radius 1 is 1.19 bits per heavy atom. The molecule has 0 aliphatic carbocycles. The largest absolute Gasteiger partial charge is 0.366 e. The van der Waals surface area contributed by atoms with Gasteiger partial charge in [0.2, 0.25) is 0 Å². The molecular formula is C19H19BrClN3O3. The molecule has 1 fully saturated rings. The number of benzene rings is 2. The first-order valence-electron chi connectivity index (χ1n) is 8.55. The van der Waals surface area contributed by atoms with Crippen LogP contribution in [0, 0.1) is 10.1 Å². The minimum atomic E-state index is -0.463. The number of amides is 1. The molecule has 27 heavy (non-hydrogen) atoms. The smallest absolute Gasteiger partial charge is 0.271 e. The van der Waals surface area contributed by atoms with Gasteiger partial charge in [0.05, 0.1) is 21.2 Å². The number of hydrogen-bond donors (Lipinski definition) is 0. The molecule has 1 saturated heterocycles. The quantitative estimate of drug-likeness (QED) is 0.498. The summed E-state index contributed by atoms with van der Waals surface area (Å²) in [5.41, 5.74) is 1.35. The summed E-state index contributed by atoms with van der Waals surface area (Å²) in [6, 6.07) is 11.8. The fourth-order valence-electron chi connectivity index (χ4n) is 3.56. The van der Waals surface area contributed by atoms with Crippen molar-refractivity contribution in [3.05, 3.63) is 67.6 Å². The highest BCUT2D eigenvalue weighted by Gasteiger charge is 2.34. The average Bonchev–Trinajstić information content (AvgIpc) is 2.61. The van der Waals surface area contributed by atoms with Gasteiger partial charge in [-0.25, -0.2) is 0 Å². The van der Waals surface area contributed by atoms with Gasteiger partial charge in [-0.05, 0) is 48.0 Å². The van der Waals surface area contributed by atoms with E-state index in [1.165, 1.54) is 12.1 Å². The van der Waals surface area contributed by atoms with Gasteiger partial charge in [0.15, 0.2) is 0 Å². The third-order valence-electron chi connectivity index (χ3n) is 4.74. The molecule has 1 aliphatic heterocycles. The number of rotatable bonds is 3. The molecule has 6 nitrogen and oxygen atoms in total. The first-order chi connectivity index (χ1) is 12.8. The average molecular weight is 453 g/mol. The van der Waals surface area contributed by atoms with E-state index >= 15 is 0 Å². The number of nitrogens with zero attached hydrogens (tertiary/aromatic N) is 3. The molecule has 0 spiro atoms. The lowest BCUT2D eigenvalue weighted by Gasteiger charge is -2.45. The highest BCUT2D eigenvalue weighted by Crippen LogP contribution is 2.33. The maximum absolute atomic E-state index is 13.0. The van der Waals surface area contributed by atoms with Gasteiger partial charge in [-0.1, -0.05) is 23.7 Å². The van der Waals surface area contributed by atoms with Crippen molar-refractivity contribution in [2.24, 2.45) is 0 Å². The molecule has 0 aromatic heterocycles. The van der Waals surface area contributed by atoms with Crippen LogP contribution < -0.4 is 4.90 Å². The fourth-order valence-corrected chi connectivity index (χ4v) is 4.31. The van der Waals surface area contributed by atoms with E-state index in [0.29, 0.717) is 23.7 Å². The van der Waals surface area contributed by atoms with Gasteiger partial charge in [-0.2, -0.15) is 0 Å². The van der Waals surface area contributed by atoms with Crippen molar-refractivity contribution < 1.29 is 9.72 Å². The topological polar surface area (TPSA) is 66.7 Å². The zero-order chi connectivity index (χ0) is 19.7. The summed E-state index contributed by atoms with van der Waals surface area (Å²) in [4.78, 5) is 27.5. The first kappa shape index (κ1) is 19.6. The Bertz CT molecular complexity index is 880. The van der Waals surface area contributed by atoms with Gasteiger partial charge in [-0.15, -0.1) is 0 Å². The molecule has 2 atom stereocenters. The Balaban J connectivity index is 1.82. The molecular weight excluding hydrogens is 434 g/mol. The van der Waals surface area contributed by atoms with Gasteiger partial charge < -0.3 is 9.80 Å². The molecule has 0 saturated carbocycles. The molecule has 2 aromatic rings. The molecule has 2 aromatic carbocycles. The highest BCUT2D eigenvalue weighted by molar-refractivity contribution is 9.10. The van der Waals surface area contributed by atoms with E-state index in [1.54, 1.807) is 6.07 Å². The highest BCUT2D eigenvalue weighted by atomic mass is 79.9. The lowest BCUT2D eigenvalue weighted by molar-refractivity contribution is -0.384. The van der Waals surface area contributed by atoms with E-state index in [-0.39, 0.29) is 23.7 Å². The molecule has 1 aliphatic rings. The van der Waals surface area contributed by atoms with Gasteiger partial charge in [0, 0.05) is 41.8 Å². The Morgan fingerprint density at radius 3 is 2.37 bits per heavy atom. The summed E-state index contributed by atoms with van der Waals surface area (Å²) in [6.45, 7) is 5.18. The van der Waals surface area contributed by atoms with Crippen molar-refractivity contribution in [1.82, 2.24) is 4.90 Å². The van der Waals surface area contributed by atoms with Crippen LogP contribution in [0.4, 0.5) is 11.4 Å². The summed E-state index contributed by atoms with van der Waals surface area (Å²) in [5.74, 6) is -0.0167. The second-order valence-electron chi connectivity index (χ2n) is 6.69. The van der Waals surface area contributed by atoms with Gasteiger partial charge in [0.1, 0.15) is 0 Å². The van der Waals surface area contributed by atoms with Crippen molar-refractivity contribution in [2.75, 3.05) is 18.0 Å². The third-order valence-corrected chi connectivity index (χ3v) is 5.73. The van der Waals surface area contributed by atoms with Crippen LogP contribution >= 0.6 is 27.5 Å². The lowest BCUT2D eigenvalue weighted by atomic mass is 10.0. The van der Waals surface area contributed by atoms with Crippen molar-refractivity contribution >= 4 is 44.8 Å². The number of non-ortho nitro benzene ring substituents is 1. The summed E-state index contributed by atoms with van der Waals surface area (Å²) < 4.78 is 0.773. The minimum absolute atomic E-state index is 0.0167. The van der Waals surface area contributed by atoms with E-state index in [1.807, 2.05) is 43.0 Å². The standard InChI is InChI=1S/C19H19BrClN3O3/c1-12-10-22(18-8-7-14(24(26)27)9-17(18)21)11-13(2)23(12)19(25)15-5-3-4-6-16(15)20/h3-9,12-13H,10-11H2,1-2H3/t12-,13-/m1/s1. The molecule has 142 valence electrons. The number of halogens is 2. The zero-order valence-electron chi connectivity index (χ0n) is 14.9. The summed E-state index contributed by atoms with van der Waals surface area (Å²) in [6.07, 6.45) is 0. The zero-order valence-corrected chi connectivity index (χ0v) is 17.3. The van der Waals surface area contributed by atoms with E-state index in [2.05, 4.69) is 20.8 Å². The third kappa shape index (κ3) is 3.94. The second-order valence-corrected chi connectivity index (χ2v) is 7.95. The SMILES string of the molecule is C[C@@H]1CN(c2ccc([N+](=O)[O-])cc2Cl)C[C@@H](C)N1C(=O)c1ccccc1Br. The van der Waals surface area contributed by atoms with E-state index in [4.69, 9.17) is 11.6 Å². The van der Waals surface area contributed by atoms with Gasteiger partial charge in [-0.3, -0.25) is 14.9 Å². The number of nitro groups is 1. The number of nitro benzene ring substituents is 1. The molecule has 1 heterocycles. The van der Waals surface area contributed by atoms with Crippen LogP contribution in [0.3, 0.4) is 0 Å². The van der Waals surface area contributed by atoms with Gasteiger partial charge >= 0.3 is 0 Å². The second kappa shape index (κ2) is 7.86. The van der Waals surface area contributed by atoms with Crippen molar-refractivity contribution in [3.63, 3.8) is 0 Å². The van der Waals surface area contributed by atoms with Crippen LogP contribution in [0.15, 0.2) is 46.9 Å². The Hall–Kier alpha value is -2.12. The summed E-state index contributed by atoms with van der Waals surface area (Å²) >= 11 is 9.73. The maximum atomic E-state index is 13.0. The van der Waals surface area contributed by atoms with Crippen LogP contribution in [0.25, 0.3) is 0 Å². The Morgan fingerprint density at radius 2 is 1.81 bits per heavy atom. The molecule has 0 unspecified atom stereocenters. The van der Waals surface area contributed by atoms with Crippen molar-refractivity contribution in [1.29, 1.82) is 0 Å². The first-order valence-corrected chi connectivity index (χ1v) is 9.72. The van der Waals surface area contributed by atoms with Crippen LogP contribution in [0.5, 0.6) is 0 Å². The van der Waals surface area contributed by atoms with Crippen LogP contribution in [0.1, 0.15) is 24.2 Å². The lowest BCUT2D eigenvalue weighted by Crippen LogP contribution is -2.58. The molecule has 0 N–H and O–H groups in total. The Labute approximate surface area is 171 Å². The van der Waals surface area contributed by atoms with Crippen molar-refractivity contribution in [3.8, 4) is 0 Å². The normalized spacial score (nSPS) is 19.9. The monoisotopic (exact) mass is 451 g/mol. The predicted molar refractivity (Wildman–Crippen MR) is 110 cm³/mol. The fraction of sp³-hybridized carbons (Fsp3) is 0.316. The molecule has 3 rings (SSSR count). The minimum Gasteiger partial charge on any atom is -0.366 e. The van der Waals surface area contributed by atoms with Crippen molar-refractivity contribution in [2.45, 2.75) is 25.9 Å². The van der Waals surface area contributed by atoms with E-state index < -0.39 is 4.92 Å². The van der Waals surface area contributed by atoms with E-state index in [0.717, 1.165) is 10.2 Å². The molecule has 1 amide bonds. The number of carbonyl (C=O) groups excluding carboxylic acids is 1. The molecule has 8 heteroatoms. The maximum Gasteiger partial charge on any atom is 0.271 e. The molecule has 0 bridgehead atoms. The van der Waals surface area contributed by atoms with Crippen LogP contribution in [-0.4, -0.2) is 40.9 Å². The summed E-state index contributed by atoms with van der Waals surface area (Å²) in [7, 11) is 0. The molecule has 0 radical (unpaired) electrons.